The summed E-state index contributed by atoms with van der Waals surface area (Å²) in [5.74, 6) is 0.0140. The average Bonchev–Trinajstić information content (AvgIpc) is 2.39. The number of hydrogen-bond donors (Lipinski definition) is 2. The molecule has 2 rings (SSSR count). The summed E-state index contributed by atoms with van der Waals surface area (Å²) >= 11 is 3.41. The molecule has 4 nitrogen and oxygen atoms in total. The molecule has 0 bridgehead atoms. The maximum atomic E-state index is 12.1. The Balaban J connectivity index is 0.00000200. The predicted octanol–water partition coefficient (Wildman–Crippen LogP) is 1.81. The number of amides is 1. The van der Waals surface area contributed by atoms with Crippen molar-refractivity contribution in [1.29, 1.82) is 0 Å². The molecule has 0 saturated carbocycles. The highest BCUT2D eigenvalue weighted by Crippen LogP contribution is 2.15. The SMILES string of the molecule is Cc1cc(Br)ccc1C(=O)NCCN1CCNCC1.Cl. The van der Waals surface area contributed by atoms with Crippen LogP contribution in [0.1, 0.15) is 15.9 Å². The molecule has 1 aromatic carbocycles. The lowest BCUT2D eigenvalue weighted by molar-refractivity contribution is 0.0946. The molecular formula is C14H21BrClN3O. The van der Waals surface area contributed by atoms with Crippen LogP contribution in [0, 0.1) is 6.92 Å². The maximum absolute atomic E-state index is 12.1. The van der Waals surface area contributed by atoms with Gasteiger partial charge in [-0.3, -0.25) is 9.69 Å². The molecule has 1 aliphatic rings. The van der Waals surface area contributed by atoms with Crippen molar-refractivity contribution in [2.75, 3.05) is 39.3 Å². The van der Waals surface area contributed by atoms with E-state index in [-0.39, 0.29) is 18.3 Å². The van der Waals surface area contributed by atoms with Gasteiger partial charge >= 0.3 is 0 Å². The zero-order chi connectivity index (χ0) is 13.7. The van der Waals surface area contributed by atoms with Crippen molar-refractivity contribution in [3.63, 3.8) is 0 Å². The fourth-order valence-electron chi connectivity index (χ4n) is 2.24. The molecule has 20 heavy (non-hydrogen) atoms. The highest BCUT2D eigenvalue weighted by Gasteiger charge is 2.11. The molecule has 112 valence electrons. The van der Waals surface area contributed by atoms with Gasteiger partial charge in [0.15, 0.2) is 0 Å². The third-order valence-electron chi connectivity index (χ3n) is 3.36. The predicted molar refractivity (Wildman–Crippen MR) is 87.8 cm³/mol. The Labute approximate surface area is 134 Å². The number of aryl methyl sites for hydroxylation is 1. The van der Waals surface area contributed by atoms with Gasteiger partial charge in [-0.25, -0.2) is 0 Å². The van der Waals surface area contributed by atoms with Crippen LogP contribution in [0.15, 0.2) is 22.7 Å². The Hall–Kier alpha value is -0.620. The molecule has 0 unspecified atom stereocenters. The largest absolute Gasteiger partial charge is 0.351 e. The number of carbonyl (C=O) groups is 1. The number of hydrogen-bond acceptors (Lipinski definition) is 3. The monoisotopic (exact) mass is 361 g/mol. The van der Waals surface area contributed by atoms with Gasteiger partial charge in [0, 0.05) is 49.3 Å². The van der Waals surface area contributed by atoms with E-state index < -0.39 is 0 Å². The lowest BCUT2D eigenvalue weighted by atomic mass is 10.1. The lowest BCUT2D eigenvalue weighted by Gasteiger charge is -2.27. The lowest BCUT2D eigenvalue weighted by Crippen LogP contribution is -2.46. The standard InChI is InChI=1S/C14H20BrN3O.ClH/c1-11-10-12(15)2-3-13(11)14(19)17-6-9-18-7-4-16-5-8-18;/h2-3,10,16H,4-9H2,1H3,(H,17,19);1H. The van der Waals surface area contributed by atoms with Crippen molar-refractivity contribution in [1.82, 2.24) is 15.5 Å². The van der Waals surface area contributed by atoms with E-state index in [9.17, 15) is 4.79 Å². The van der Waals surface area contributed by atoms with Crippen LogP contribution in [-0.4, -0.2) is 50.1 Å². The second-order valence-corrected chi connectivity index (χ2v) is 5.72. The van der Waals surface area contributed by atoms with Crippen LogP contribution < -0.4 is 10.6 Å². The van der Waals surface area contributed by atoms with Gasteiger partial charge in [0.1, 0.15) is 0 Å². The van der Waals surface area contributed by atoms with E-state index in [1.54, 1.807) is 0 Å². The second-order valence-electron chi connectivity index (χ2n) is 4.81. The number of nitrogens with one attached hydrogen (secondary N) is 2. The van der Waals surface area contributed by atoms with Gasteiger partial charge in [-0.2, -0.15) is 0 Å². The summed E-state index contributed by atoms with van der Waals surface area (Å²) in [7, 11) is 0. The maximum Gasteiger partial charge on any atom is 0.251 e. The van der Waals surface area contributed by atoms with Crippen LogP contribution in [0.5, 0.6) is 0 Å². The van der Waals surface area contributed by atoms with Crippen LogP contribution in [0.2, 0.25) is 0 Å². The molecular weight excluding hydrogens is 342 g/mol. The van der Waals surface area contributed by atoms with Gasteiger partial charge in [-0.05, 0) is 30.7 Å². The molecule has 1 heterocycles. The molecule has 1 aliphatic heterocycles. The first kappa shape index (κ1) is 17.4. The first-order valence-electron chi connectivity index (χ1n) is 6.64. The van der Waals surface area contributed by atoms with Crippen LogP contribution in [0.3, 0.4) is 0 Å². The van der Waals surface area contributed by atoms with E-state index in [0.29, 0.717) is 6.54 Å². The minimum Gasteiger partial charge on any atom is -0.351 e. The average molecular weight is 363 g/mol. The zero-order valence-electron chi connectivity index (χ0n) is 11.6. The van der Waals surface area contributed by atoms with E-state index >= 15 is 0 Å². The summed E-state index contributed by atoms with van der Waals surface area (Å²) in [5.41, 5.74) is 1.75. The van der Waals surface area contributed by atoms with Crippen molar-refractivity contribution in [2.45, 2.75) is 6.92 Å². The number of halogens is 2. The fraction of sp³-hybridized carbons (Fsp3) is 0.500. The van der Waals surface area contributed by atoms with Gasteiger partial charge in [0.05, 0.1) is 0 Å². The van der Waals surface area contributed by atoms with Gasteiger partial charge in [0.25, 0.3) is 5.91 Å². The summed E-state index contributed by atoms with van der Waals surface area (Å²) in [6.07, 6.45) is 0. The van der Waals surface area contributed by atoms with Crippen molar-refractivity contribution < 1.29 is 4.79 Å². The summed E-state index contributed by atoms with van der Waals surface area (Å²) in [6, 6.07) is 5.73. The highest BCUT2D eigenvalue weighted by atomic mass is 79.9. The van der Waals surface area contributed by atoms with Gasteiger partial charge in [-0.1, -0.05) is 15.9 Å². The molecule has 1 amide bonds. The van der Waals surface area contributed by atoms with Crippen molar-refractivity contribution in [2.24, 2.45) is 0 Å². The summed E-state index contributed by atoms with van der Waals surface area (Å²) in [6.45, 7) is 7.78. The van der Waals surface area contributed by atoms with Crippen LogP contribution in [0.25, 0.3) is 0 Å². The minimum atomic E-state index is 0. The number of nitrogens with zero attached hydrogens (tertiary/aromatic N) is 1. The molecule has 6 heteroatoms. The summed E-state index contributed by atoms with van der Waals surface area (Å²) < 4.78 is 1.00. The van der Waals surface area contributed by atoms with Crippen molar-refractivity contribution in [3.05, 3.63) is 33.8 Å². The van der Waals surface area contributed by atoms with Crippen LogP contribution in [0.4, 0.5) is 0 Å². The Morgan fingerprint density at radius 3 is 2.75 bits per heavy atom. The molecule has 1 aromatic rings. The first-order chi connectivity index (χ1) is 9.16. The van der Waals surface area contributed by atoms with E-state index in [0.717, 1.165) is 48.3 Å². The second kappa shape index (κ2) is 8.62. The number of benzene rings is 1. The van der Waals surface area contributed by atoms with E-state index in [4.69, 9.17) is 0 Å². The van der Waals surface area contributed by atoms with Crippen LogP contribution in [-0.2, 0) is 0 Å². The third-order valence-corrected chi connectivity index (χ3v) is 3.85. The molecule has 0 aromatic heterocycles. The first-order valence-corrected chi connectivity index (χ1v) is 7.43. The summed E-state index contributed by atoms with van der Waals surface area (Å²) in [5, 5.41) is 6.31. The van der Waals surface area contributed by atoms with Crippen molar-refractivity contribution >= 4 is 34.2 Å². The highest BCUT2D eigenvalue weighted by molar-refractivity contribution is 9.10. The Morgan fingerprint density at radius 1 is 1.40 bits per heavy atom. The Kier molecular flexibility index (Phi) is 7.51. The molecule has 0 atom stereocenters. The van der Waals surface area contributed by atoms with E-state index in [1.165, 1.54) is 0 Å². The van der Waals surface area contributed by atoms with Crippen molar-refractivity contribution in [3.8, 4) is 0 Å². The molecule has 1 saturated heterocycles. The van der Waals surface area contributed by atoms with E-state index in [2.05, 4.69) is 31.5 Å². The Bertz CT molecular complexity index is 450. The number of piperazine rings is 1. The van der Waals surface area contributed by atoms with Gasteiger partial charge < -0.3 is 10.6 Å². The molecule has 0 aliphatic carbocycles. The minimum absolute atomic E-state index is 0. The molecule has 2 N–H and O–H groups in total. The molecule has 0 radical (unpaired) electrons. The number of carbonyl (C=O) groups excluding carboxylic acids is 1. The van der Waals surface area contributed by atoms with Gasteiger partial charge in [-0.15, -0.1) is 12.4 Å². The van der Waals surface area contributed by atoms with Crippen LogP contribution >= 0.6 is 28.3 Å². The summed E-state index contributed by atoms with van der Waals surface area (Å²) in [4.78, 5) is 14.4. The van der Waals surface area contributed by atoms with Gasteiger partial charge in [0.2, 0.25) is 0 Å². The molecule has 1 fully saturated rings. The topological polar surface area (TPSA) is 44.4 Å². The quantitative estimate of drug-likeness (QED) is 0.859. The third kappa shape index (κ3) is 5.05. The smallest absolute Gasteiger partial charge is 0.251 e. The fourth-order valence-corrected chi connectivity index (χ4v) is 2.71. The molecule has 0 spiro atoms. The normalized spacial score (nSPS) is 15.5. The Morgan fingerprint density at radius 2 is 2.10 bits per heavy atom. The zero-order valence-corrected chi connectivity index (χ0v) is 14.0. The van der Waals surface area contributed by atoms with E-state index in [1.807, 2.05) is 25.1 Å². The number of rotatable bonds is 4.